The van der Waals surface area contributed by atoms with E-state index in [1.807, 2.05) is 20.8 Å². The fourth-order valence-corrected chi connectivity index (χ4v) is 2.15. The van der Waals surface area contributed by atoms with Gasteiger partial charge in [-0.05, 0) is 38.8 Å². The molecule has 2 N–H and O–H groups in total. The summed E-state index contributed by atoms with van der Waals surface area (Å²) in [5.41, 5.74) is 1.08. The Kier molecular flexibility index (Phi) is 5.25. The Morgan fingerprint density at radius 2 is 1.85 bits per heavy atom. The van der Waals surface area contributed by atoms with Crippen LogP contribution in [0.5, 0.6) is 0 Å². The highest BCUT2D eigenvalue weighted by molar-refractivity contribution is 5.95. The zero-order chi connectivity index (χ0) is 15.3. The Morgan fingerprint density at radius 1 is 1.25 bits per heavy atom. The number of carbonyl (C=O) groups is 2. The normalized spacial score (nSPS) is 11.2. The quantitative estimate of drug-likeness (QED) is 0.837. The van der Waals surface area contributed by atoms with Crippen molar-refractivity contribution in [3.05, 3.63) is 29.1 Å². The Hall–Kier alpha value is -1.91. The lowest BCUT2D eigenvalue weighted by Gasteiger charge is -2.26. The van der Waals surface area contributed by atoms with E-state index in [1.165, 1.54) is 0 Å². The van der Waals surface area contributed by atoms with E-state index in [2.05, 4.69) is 10.3 Å². The fraction of sp³-hybridized carbons (Fsp3) is 0.533. The summed E-state index contributed by atoms with van der Waals surface area (Å²) in [6.07, 6.45) is 0.953. The standard InChI is InChI=1S/C15H22N2O3/c1-5-15(6-2,14(19)20)9-16-13(18)12-8-7-10(3)17-11(12)4/h7-8H,5-6,9H2,1-4H3,(H,16,18)(H,19,20). The number of nitrogens with one attached hydrogen (secondary N) is 1. The molecule has 20 heavy (non-hydrogen) atoms. The van der Waals surface area contributed by atoms with Gasteiger partial charge in [-0.15, -0.1) is 0 Å². The molecule has 0 aromatic carbocycles. The molecule has 0 aliphatic rings. The molecule has 0 bridgehead atoms. The Morgan fingerprint density at radius 3 is 2.30 bits per heavy atom. The maximum atomic E-state index is 12.1. The van der Waals surface area contributed by atoms with Crippen LogP contribution in [-0.4, -0.2) is 28.5 Å². The van der Waals surface area contributed by atoms with Gasteiger partial charge < -0.3 is 10.4 Å². The van der Waals surface area contributed by atoms with Crippen LogP contribution >= 0.6 is 0 Å². The predicted octanol–water partition coefficient (Wildman–Crippen LogP) is 2.32. The first-order valence-corrected chi connectivity index (χ1v) is 6.82. The number of aromatic nitrogens is 1. The number of carboxylic acid groups (broad SMARTS) is 1. The second-order valence-corrected chi connectivity index (χ2v) is 5.06. The number of carboxylic acids is 1. The minimum absolute atomic E-state index is 0.126. The van der Waals surface area contributed by atoms with Gasteiger partial charge in [-0.2, -0.15) is 0 Å². The fourth-order valence-electron chi connectivity index (χ4n) is 2.15. The molecular formula is C15H22N2O3. The molecule has 1 heterocycles. The number of carbonyl (C=O) groups excluding carboxylic acids is 1. The summed E-state index contributed by atoms with van der Waals surface area (Å²) in [4.78, 5) is 27.8. The highest BCUT2D eigenvalue weighted by Crippen LogP contribution is 2.25. The second-order valence-electron chi connectivity index (χ2n) is 5.06. The number of aliphatic carboxylic acids is 1. The van der Waals surface area contributed by atoms with Crippen molar-refractivity contribution in [2.24, 2.45) is 5.41 Å². The lowest BCUT2D eigenvalue weighted by molar-refractivity contribution is -0.149. The summed E-state index contributed by atoms with van der Waals surface area (Å²) in [7, 11) is 0. The van der Waals surface area contributed by atoms with E-state index < -0.39 is 11.4 Å². The number of aryl methyl sites for hydroxylation is 2. The lowest BCUT2D eigenvalue weighted by Crippen LogP contribution is -2.42. The van der Waals surface area contributed by atoms with E-state index in [1.54, 1.807) is 19.1 Å². The van der Waals surface area contributed by atoms with E-state index in [4.69, 9.17) is 0 Å². The molecule has 1 aromatic heterocycles. The summed E-state index contributed by atoms with van der Waals surface area (Å²) < 4.78 is 0. The van der Waals surface area contributed by atoms with Crippen molar-refractivity contribution in [3.63, 3.8) is 0 Å². The molecule has 0 saturated carbocycles. The summed E-state index contributed by atoms with van der Waals surface area (Å²) in [6.45, 7) is 7.40. The molecule has 1 aromatic rings. The lowest BCUT2D eigenvalue weighted by atomic mass is 9.82. The van der Waals surface area contributed by atoms with Crippen LogP contribution in [0.1, 0.15) is 48.4 Å². The highest BCUT2D eigenvalue weighted by Gasteiger charge is 2.35. The van der Waals surface area contributed by atoms with Crippen molar-refractivity contribution in [1.29, 1.82) is 0 Å². The summed E-state index contributed by atoms with van der Waals surface area (Å²) in [5.74, 6) is -1.15. The minimum atomic E-state index is -0.901. The number of hydrogen-bond donors (Lipinski definition) is 2. The third kappa shape index (κ3) is 3.35. The summed E-state index contributed by atoms with van der Waals surface area (Å²) in [5, 5.41) is 12.1. The van der Waals surface area contributed by atoms with Gasteiger partial charge in [0, 0.05) is 12.2 Å². The first-order valence-electron chi connectivity index (χ1n) is 6.82. The number of hydrogen-bond acceptors (Lipinski definition) is 3. The highest BCUT2D eigenvalue weighted by atomic mass is 16.4. The molecule has 110 valence electrons. The molecule has 1 rings (SSSR count). The van der Waals surface area contributed by atoms with Gasteiger partial charge >= 0.3 is 5.97 Å². The molecule has 0 radical (unpaired) electrons. The molecule has 5 heteroatoms. The number of nitrogens with zero attached hydrogens (tertiary/aromatic N) is 1. The molecule has 0 fully saturated rings. The van der Waals surface area contributed by atoms with E-state index >= 15 is 0 Å². The van der Waals surface area contributed by atoms with Crippen molar-refractivity contribution >= 4 is 11.9 Å². The van der Waals surface area contributed by atoms with Crippen LogP contribution in [-0.2, 0) is 4.79 Å². The van der Waals surface area contributed by atoms with Gasteiger partial charge in [0.25, 0.3) is 5.91 Å². The van der Waals surface area contributed by atoms with Crippen LogP contribution in [0.4, 0.5) is 0 Å². The van der Waals surface area contributed by atoms with Gasteiger partial charge in [-0.3, -0.25) is 14.6 Å². The van der Waals surface area contributed by atoms with Gasteiger partial charge in [0.1, 0.15) is 0 Å². The maximum absolute atomic E-state index is 12.1. The van der Waals surface area contributed by atoms with Crippen molar-refractivity contribution in [3.8, 4) is 0 Å². The second kappa shape index (κ2) is 6.50. The number of pyridine rings is 1. The van der Waals surface area contributed by atoms with Gasteiger partial charge in [0.2, 0.25) is 0 Å². The van der Waals surface area contributed by atoms with E-state index in [0.717, 1.165) is 5.69 Å². The average Bonchev–Trinajstić information content (AvgIpc) is 2.39. The summed E-state index contributed by atoms with van der Waals surface area (Å²) >= 11 is 0. The van der Waals surface area contributed by atoms with Crippen LogP contribution in [0, 0.1) is 19.3 Å². The van der Waals surface area contributed by atoms with Crippen LogP contribution in [0.25, 0.3) is 0 Å². The smallest absolute Gasteiger partial charge is 0.311 e. The maximum Gasteiger partial charge on any atom is 0.311 e. The first-order chi connectivity index (χ1) is 9.36. The largest absolute Gasteiger partial charge is 0.481 e. The molecule has 5 nitrogen and oxygen atoms in total. The topological polar surface area (TPSA) is 79.3 Å². The average molecular weight is 278 g/mol. The molecule has 0 aliphatic heterocycles. The van der Waals surface area contributed by atoms with Crippen molar-refractivity contribution in [1.82, 2.24) is 10.3 Å². The van der Waals surface area contributed by atoms with Gasteiger partial charge in [-0.25, -0.2) is 0 Å². The molecule has 0 saturated heterocycles. The van der Waals surface area contributed by atoms with Crippen LogP contribution < -0.4 is 5.32 Å². The van der Waals surface area contributed by atoms with Crippen LogP contribution in [0.3, 0.4) is 0 Å². The van der Waals surface area contributed by atoms with E-state index in [0.29, 0.717) is 24.1 Å². The van der Waals surface area contributed by atoms with Gasteiger partial charge in [-0.1, -0.05) is 13.8 Å². The van der Waals surface area contributed by atoms with Crippen LogP contribution in [0.15, 0.2) is 12.1 Å². The van der Waals surface area contributed by atoms with Crippen LogP contribution in [0.2, 0.25) is 0 Å². The molecule has 1 amide bonds. The van der Waals surface area contributed by atoms with Crippen molar-refractivity contribution in [2.75, 3.05) is 6.54 Å². The zero-order valence-corrected chi connectivity index (χ0v) is 12.5. The molecular weight excluding hydrogens is 256 g/mol. The Bertz CT molecular complexity index is 508. The Labute approximate surface area is 119 Å². The Balaban J connectivity index is 2.83. The van der Waals surface area contributed by atoms with E-state index in [-0.39, 0.29) is 12.5 Å². The van der Waals surface area contributed by atoms with Crippen molar-refractivity contribution < 1.29 is 14.7 Å². The SMILES string of the molecule is CCC(CC)(CNC(=O)c1ccc(C)nc1C)C(=O)O. The predicted molar refractivity (Wildman–Crippen MR) is 76.7 cm³/mol. The third-order valence-electron chi connectivity index (χ3n) is 3.86. The zero-order valence-electron chi connectivity index (χ0n) is 12.5. The molecule has 0 aliphatic carbocycles. The third-order valence-corrected chi connectivity index (χ3v) is 3.86. The van der Waals surface area contributed by atoms with E-state index in [9.17, 15) is 14.7 Å². The molecule has 0 unspecified atom stereocenters. The minimum Gasteiger partial charge on any atom is -0.481 e. The molecule has 0 atom stereocenters. The van der Waals surface area contributed by atoms with Crippen molar-refractivity contribution in [2.45, 2.75) is 40.5 Å². The summed E-state index contributed by atoms with van der Waals surface area (Å²) in [6, 6.07) is 3.49. The van der Waals surface area contributed by atoms with Gasteiger partial charge in [0.05, 0.1) is 16.7 Å². The monoisotopic (exact) mass is 278 g/mol. The first kappa shape index (κ1) is 16.1. The molecule has 0 spiro atoms. The van der Waals surface area contributed by atoms with Gasteiger partial charge in [0.15, 0.2) is 0 Å². The number of rotatable bonds is 6. The number of amides is 1.